The quantitative estimate of drug-likeness (QED) is 0.440. The van der Waals surface area contributed by atoms with Gasteiger partial charge in [-0.25, -0.2) is 4.63 Å². The van der Waals surface area contributed by atoms with E-state index in [4.69, 9.17) is 11.1 Å². The van der Waals surface area contributed by atoms with Gasteiger partial charge in [-0.2, -0.15) is 0 Å². The smallest absolute Gasteiger partial charge is 0.198 e. The van der Waals surface area contributed by atoms with Gasteiger partial charge in [-0.15, -0.1) is 0 Å². The van der Waals surface area contributed by atoms with Crippen molar-refractivity contribution in [2.45, 2.75) is 6.92 Å². The van der Waals surface area contributed by atoms with Crippen molar-refractivity contribution in [3.8, 4) is 0 Å². The Morgan fingerprint density at radius 1 is 1.30 bits per heavy atom. The molecule has 0 aliphatic heterocycles. The summed E-state index contributed by atoms with van der Waals surface area (Å²) < 4.78 is 4.40. The number of nitrogens with two attached hydrogens (primary N) is 1. The van der Waals surface area contributed by atoms with Crippen LogP contribution in [-0.2, 0) is 4.79 Å². The number of nitrogens with one attached hydrogen (secondary N) is 1. The van der Waals surface area contributed by atoms with E-state index in [0.717, 1.165) is 0 Å². The fourth-order valence-electron chi connectivity index (χ4n) is 1.69. The Kier molecular flexibility index (Phi) is 3.60. The van der Waals surface area contributed by atoms with E-state index < -0.39 is 5.78 Å². The maximum absolute atomic E-state index is 11.7. The summed E-state index contributed by atoms with van der Waals surface area (Å²) in [6.07, 6.45) is 0. The minimum Gasteiger partial charge on any atom is -0.506 e. The molecule has 0 aliphatic carbocycles. The predicted molar refractivity (Wildman–Crippen MR) is 72.2 cm³/mol. The first kappa shape index (κ1) is 13.5. The van der Waals surface area contributed by atoms with Gasteiger partial charge >= 0.3 is 0 Å². The van der Waals surface area contributed by atoms with Crippen molar-refractivity contribution in [2.75, 3.05) is 5.73 Å². The second-order valence-corrected chi connectivity index (χ2v) is 4.02. The van der Waals surface area contributed by atoms with Crippen molar-refractivity contribution in [1.29, 1.82) is 5.41 Å². The number of nitrogens with zero attached hydrogens (tertiary/aromatic N) is 2. The summed E-state index contributed by atoms with van der Waals surface area (Å²) in [6.45, 7) is 1.24. The second kappa shape index (κ2) is 5.35. The van der Waals surface area contributed by atoms with Crippen molar-refractivity contribution in [2.24, 2.45) is 0 Å². The Morgan fingerprint density at radius 3 is 2.45 bits per heavy atom. The van der Waals surface area contributed by atoms with Crippen LogP contribution in [0, 0.1) is 5.41 Å². The van der Waals surface area contributed by atoms with Crippen LogP contribution in [0.25, 0.3) is 5.76 Å². The van der Waals surface area contributed by atoms with Gasteiger partial charge in [0.25, 0.3) is 0 Å². The van der Waals surface area contributed by atoms with Crippen LogP contribution in [0.15, 0.2) is 40.5 Å². The summed E-state index contributed by atoms with van der Waals surface area (Å²) in [5, 5.41) is 25.0. The molecule has 2 aromatic rings. The van der Waals surface area contributed by atoms with Crippen LogP contribution in [0.3, 0.4) is 0 Å². The molecule has 0 spiro atoms. The van der Waals surface area contributed by atoms with E-state index in [1.807, 2.05) is 0 Å². The third-order valence-corrected chi connectivity index (χ3v) is 2.64. The fraction of sp³-hybridized carbons (Fsp3) is 0.0769. The van der Waals surface area contributed by atoms with Gasteiger partial charge < -0.3 is 10.8 Å². The van der Waals surface area contributed by atoms with E-state index in [-0.39, 0.29) is 28.6 Å². The first-order valence-electron chi connectivity index (χ1n) is 5.69. The van der Waals surface area contributed by atoms with Gasteiger partial charge in [0.15, 0.2) is 17.3 Å². The molecule has 0 saturated heterocycles. The van der Waals surface area contributed by atoms with Crippen molar-refractivity contribution in [1.82, 2.24) is 10.3 Å². The summed E-state index contributed by atoms with van der Waals surface area (Å²) in [7, 11) is 0. The van der Waals surface area contributed by atoms with Crippen LogP contribution in [-0.4, -0.2) is 26.9 Å². The second-order valence-electron chi connectivity index (χ2n) is 4.02. The minimum atomic E-state index is -0.487. The topological polar surface area (TPSA) is 126 Å². The summed E-state index contributed by atoms with van der Waals surface area (Å²) in [5.41, 5.74) is 5.29. The highest BCUT2D eigenvalue weighted by atomic mass is 16.6. The van der Waals surface area contributed by atoms with Gasteiger partial charge in [0.05, 0.1) is 5.57 Å². The molecule has 0 bridgehead atoms. The fourth-order valence-corrected chi connectivity index (χ4v) is 1.69. The number of aliphatic hydroxyl groups excluding tert-OH is 1. The van der Waals surface area contributed by atoms with E-state index in [0.29, 0.717) is 5.56 Å². The number of carbonyl (C=O) groups is 1. The van der Waals surface area contributed by atoms with Crippen LogP contribution in [0.1, 0.15) is 18.2 Å². The van der Waals surface area contributed by atoms with E-state index in [1.165, 1.54) is 6.92 Å². The number of nitrogen functional groups attached to an aromatic ring is 1. The van der Waals surface area contributed by atoms with E-state index >= 15 is 0 Å². The van der Waals surface area contributed by atoms with Crippen molar-refractivity contribution < 1.29 is 14.5 Å². The number of aliphatic hydroxyl groups is 1. The lowest BCUT2D eigenvalue weighted by Gasteiger charge is -2.08. The molecule has 0 saturated carbocycles. The van der Waals surface area contributed by atoms with Gasteiger partial charge in [-0.05, 0) is 17.2 Å². The zero-order valence-corrected chi connectivity index (χ0v) is 10.6. The Hall–Kier alpha value is -2.96. The van der Waals surface area contributed by atoms with E-state index in [9.17, 15) is 9.90 Å². The Balaban J connectivity index is 2.55. The molecule has 4 N–H and O–H groups in total. The van der Waals surface area contributed by atoms with Gasteiger partial charge in [0.2, 0.25) is 0 Å². The zero-order chi connectivity index (χ0) is 14.7. The van der Waals surface area contributed by atoms with Gasteiger partial charge in [-0.1, -0.05) is 30.3 Å². The molecule has 0 unspecified atom stereocenters. The molecule has 1 aromatic carbocycles. The number of Topliss-reactive ketones (excluding diaryl/α,β-unsaturated/α-hetero) is 1. The van der Waals surface area contributed by atoms with Crippen molar-refractivity contribution in [3.05, 3.63) is 47.2 Å². The first-order chi connectivity index (χ1) is 9.52. The molecule has 7 heteroatoms. The van der Waals surface area contributed by atoms with E-state index in [1.54, 1.807) is 30.3 Å². The molecule has 102 valence electrons. The lowest BCUT2D eigenvalue weighted by molar-refractivity contribution is -0.113. The van der Waals surface area contributed by atoms with Gasteiger partial charge in [0, 0.05) is 5.56 Å². The highest BCUT2D eigenvalue weighted by Gasteiger charge is 2.23. The average Bonchev–Trinajstić information content (AvgIpc) is 2.85. The highest BCUT2D eigenvalue weighted by Crippen LogP contribution is 2.21. The molecule has 0 atom stereocenters. The number of hydrogen-bond donors (Lipinski definition) is 3. The van der Waals surface area contributed by atoms with Gasteiger partial charge in [0.1, 0.15) is 11.5 Å². The Morgan fingerprint density at radius 2 is 1.95 bits per heavy atom. The van der Waals surface area contributed by atoms with Gasteiger partial charge in [-0.3, -0.25) is 10.2 Å². The predicted octanol–water partition coefficient (Wildman–Crippen LogP) is 1.58. The lowest BCUT2D eigenvalue weighted by atomic mass is 9.99. The van der Waals surface area contributed by atoms with Crippen LogP contribution >= 0.6 is 0 Å². The number of ketones is 1. The van der Waals surface area contributed by atoms with Crippen LogP contribution in [0.5, 0.6) is 0 Å². The SMILES string of the molecule is CC(=O)/C(C(=N)c1nonc1N)=C(/O)c1ccccc1. The molecule has 0 amide bonds. The third kappa shape index (κ3) is 2.41. The van der Waals surface area contributed by atoms with Crippen LogP contribution in [0.4, 0.5) is 5.82 Å². The number of benzene rings is 1. The standard InChI is InChI=1S/C13H12N4O3/c1-7(18)9(10(14)11-13(15)17-20-16-11)12(19)8-5-3-2-4-6-8/h2-6,14,19H,1H3,(H2,15,17)/b12-9-,14-10?. The van der Waals surface area contributed by atoms with Crippen molar-refractivity contribution >= 4 is 23.1 Å². The highest BCUT2D eigenvalue weighted by molar-refractivity contribution is 6.30. The summed E-state index contributed by atoms with van der Waals surface area (Å²) in [6, 6.07) is 8.43. The average molecular weight is 272 g/mol. The van der Waals surface area contributed by atoms with Crippen LogP contribution in [0.2, 0.25) is 0 Å². The minimum absolute atomic E-state index is 0.0855. The molecular weight excluding hydrogens is 260 g/mol. The van der Waals surface area contributed by atoms with E-state index in [2.05, 4.69) is 14.9 Å². The number of allylic oxidation sites excluding steroid dienone is 1. The number of hydrogen-bond acceptors (Lipinski definition) is 7. The lowest BCUT2D eigenvalue weighted by Crippen LogP contribution is -2.15. The zero-order valence-electron chi connectivity index (χ0n) is 10.6. The molecule has 1 heterocycles. The molecule has 20 heavy (non-hydrogen) atoms. The molecule has 0 fully saturated rings. The normalized spacial score (nSPS) is 11.8. The van der Waals surface area contributed by atoms with Crippen LogP contribution < -0.4 is 5.73 Å². The maximum atomic E-state index is 11.7. The Labute approximate surface area is 114 Å². The van der Waals surface area contributed by atoms with Crippen molar-refractivity contribution in [3.63, 3.8) is 0 Å². The molecule has 7 nitrogen and oxygen atoms in total. The number of aromatic nitrogens is 2. The molecular formula is C13H12N4O3. The molecule has 0 radical (unpaired) electrons. The number of rotatable bonds is 4. The summed E-state index contributed by atoms with van der Waals surface area (Å²) >= 11 is 0. The number of anilines is 1. The molecule has 2 rings (SSSR count). The molecule has 0 aliphatic rings. The monoisotopic (exact) mass is 272 g/mol. The number of carbonyl (C=O) groups excluding carboxylic acids is 1. The first-order valence-corrected chi connectivity index (χ1v) is 5.69. The molecule has 1 aromatic heterocycles. The largest absolute Gasteiger partial charge is 0.506 e. The third-order valence-electron chi connectivity index (χ3n) is 2.64. The Bertz CT molecular complexity index is 689. The summed E-state index contributed by atoms with van der Waals surface area (Å²) in [5.74, 6) is -0.918. The summed E-state index contributed by atoms with van der Waals surface area (Å²) in [4.78, 5) is 11.7. The maximum Gasteiger partial charge on any atom is 0.198 e.